The van der Waals surface area contributed by atoms with Gasteiger partial charge in [-0.2, -0.15) is 9.78 Å². The molecule has 0 saturated heterocycles. The molecule has 3 aromatic rings. The third-order valence-electron chi connectivity index (χ3n) is 2.51. The second-order valence-corrected chi connectivity index (χ2v) is 3.55. The topological polar surface area (TPSA) is 89.6 Å². The molecule has 6 nitrogen and oxygen atoms in total. The van der Waals surface area contributed by atoms with E-state index in [1.807, 2.05) is 24.3 Å². The molecular weight excluding hydrogens is 218 g/mol. The Labute approximate surface area is 96.1 Å². The van der Waals surface area contributed by atoms with E-state index in [-0.39, 0.29) is 5.69 Å². The van der Waals surface area contributed by atoms with Crippen molar-refractivity contribution >= 4 is 16.8 Å². The Morgan fingerprint density at radius 2 is 2.18 bits per heavy atom. The third-order valence-corrected chi connectivity index (χ3v) is 2.51. The van der Waals surface area contributed by atoms with Gasteiger partial charge in [0.25, 0.3) is 5.91 Å². The fraction of sp³-hybridized carbons (Fsp3) is 0. The van der Waals surface area contributed by atoms with E-state index in [2.05, 4.69) is 15.1 Å². The number of nitrogens with zero attached hydrogens (tertiary/aromatic N) is 3. The average molecular weight is 227 g/mol. The molecular formula is C11H9N5O. The van der Waals surface area contributed by atoms with Crippen molar-refractivity contribution in [2.75, 3.05) is 0 Å². The van der Waals surface area contributed by atoms with Crippen molar-refractivity contribution in [1.82, 2.24) is 19.7 Å². The lowest BCUT2D eigenvalue weighted by molar-refractivity contribution is 0.0996. The molecule has 0 aliphatic rings. The molecule has 0 radical (unpaired) electrons. The molecule has 0 aliphatic carbocycles. The summed E-state index contributed by atoms with van der Waals surface area (Å²) in [6.07, 6.45) is 3.31. The molecule has 84 valence electrons. The third kappa shape index (κ3) is 1.38. The Balaban J connectivity index is 2.37. The zero-order valence-electron chi connectivity index (χ0n) is 8.79. The first-order chi connectivity index (χ1) is 8.27. The van der Waals surface area contributed by atoms with Crippen molar-refractivity contribution in [3.63, 3.8) is 0 Å². The maximum absolute atomic E-state index is 11.3. The van der Waals surface area contributed by atoms with Gasteiger partial charge in [-0.3, -0.25) is 4.79 Å². The molecule has 2 heterocycles. The van der Waals surface area contributed by atoms with Crippen LogP contribution in [0.1, 0.15) is 10.5 Å². The van der Waals surface area contributed by atoms with Crippen LogP contribution in [0.3, 0.4) is 0 Å². The Bertz CT molecular complexity index is 683. The van der Waals surface area contributed by atoms with Gasteiger partial charge in [0, 0.05) is 17.8 Å². The van der Waals surface area contributed by atoms with Crippen LogP contribution in [0.4, 0.5) is 0 Å². The van der Waals surface area contributed by atoms with Gasteiger partial charge >= 0.3 is 0 Å². The lowest BCUT2D eigenvalue weighted by Crippen LogP contribution is -2.12. The Hall–Kier alpha value is -2.63. The summed E-state index contributed by atoms with van der Waals surface area (Å²) in [6.45, 7) is 0. The van der Waals surface area contributed by atoms with Gasteiger partial charge in [0.05, 0.1) is 5.52 Å². The van der Waals surface area contributed by atoms with Crippen molar-refractivity contribution < 1.29 is 4.79 Å². The van der Waals surface area contributed by atoms with Crippen LogP contribution < -0.4 is 5.73 Å². The second-order valence-electron chi connectivity index (χ2n) is 3.55. The van der Waals surface area contributed by atoms with Gasteiger partial charge in [0.15, 0.2) is 5.69 Å². The summed E-state index contributed by atoms with van der Waals surface area (Å²) in [5, 5.41) is 4.90. The zero-order chi connectivity index (χ0) is 11.8. The van der Waals surface area contributed by atoms with E-state index < -0.39 is 5.91 Å². The first-order valence-corrected chi connectivity index (χ1v) is 5.04. The van der Waals surface area contributed by atoms with Crippen LogP contribution in [0.25, 0.3) is 16.9 Å². The highest BCUT2D eigenvalue weighted by molar-refractivity contribution is 6.04. The van der Waals surface area contributed by atoms with Gasteiger partial charge in [-0.15, -0.1) is 0 Å². The van der Waals surface area contributed by atoms with Crippen LogP contribution in [0, 0.1) is 0 Å². The fourth-order valence-electron chi connectivity index (χ4n) is 1.78. The van der Waals surface area contributed by atoms with Crippen LogP contribution in [-0.4, -0.2) is 25.7 Å². The standard InChI is InChI=1S/C11H9N5O/c12-10(17)9-7-3-1-2-4-8(7)16(15-9)11-13-5-6-14-11/h1-6H,(H2,12,17)(H,13,14). The number of benzene rings is 1. The number of imidazole rings is 1. The number of carbonyl (C=O) groups is 1. The normalized spacial score (nSPS) is 10.8. The average Bonchev–Trinajstić information content (AvgIpc) is 2.95. The first kappa shape index (κ1) is 9.59. The van der Waals surface area contributed by atoms with Crippen molar-refractivity contribution in [3.8, 4) is 5.95 Å². The van der Waals surface area contributed by atoms with E-state index in [9.17, 15) is 4.79 Å². The number of nitrogens with one attached hydrogen (secondary N) is 1. The highest BCUT2D eigenvalue weighted by Crippen LogP contribution is 2.19. The predicted octanol–water partition coefficient (Wildman–Crippen LogP) is 0.847. The molecule has 0 fully saturated rings. The Morgan fingerprint density at radius 1 is 1.35 bits per heavy atom. The fourth-order valence-corrected chi connectivity index (χ4v) is 1.78. The van der Waals surface area contributed by atoms with Gasteiger partial charge < -0.3 is 10.7 Å². The highest BCUT2D eigenvalue weighted by atomic mass is 16.1. The monoisotopic (exact) mass is 227 g/mol. The number of nitrogens with two attached hydrogens (primary N) is 1. The Kier molecular flexibility index (Phi) is 1.94. The van der Waals surface area contributed by atoms with Crippen molar-refractivity contribution in [2.24, 2.45) is 5.73 Å². The number of carbonyl (C=O) groups excluding carboxylic acids is 1. The molecule has 3 rings (SSSR count). The summed E-state index contributed by atoms with van der Waals surface area (Å²) in [4.78, 5) is 18.4. The number of fused-ring (bicyclic) bond motifs is 1. The van der Waals surface area contributed by atoms with Crippen molar-refractivity contribution in [1.29, 1.82) is 0 Å². The van der Waals surface area contributed by atoms with Gasteiger partial charge in [0.1, 0.15) is 0 Å². The number of primary amides is 1. The maximum Gasteiger partial charge on any atom is 0.269 e. The molecule has 0 spiro atoms. The van der Waals surface area contributed by atoms with Crippen LogP contribution >= 0.6 is 0 Å². The molecule has 1 amide bonds. The molecule has 0 atom stereocenters. The van der Waals surface area contributed by atoms with Gasteiger partial charge in [-0.05, 0) is 6.07 Å². The molecule has 0 aliphatic heterocycles. The smallest absolute Gasteiger partial charge is 0.269 e. The van der Waals surface area contributed by atoms with Crippen LogP contribution in [-0.2, 0) is 0 Å². The molecule has 6 heteroatoms. The minimum absolute atomic E-state index is 0.247. The molecule has 17 heavy (non-hydrogen) atoms. The van der Waals surface area contributed by atoms with E-state index in [4.69, 9.17) is 5.73 Å². The number of hydrogen-bond acceptors (Lipinski definition) is 3. The summed E-state index contributed by atoms with van der Waals surface area (Å²) in [5.41, 5.74) is 6.34. The van der Waals surface area contributed by atoms with Crippen molar-refractivity contribution in [3.05, 3.63) is 42.4 Å². The van der Waals surface area contributed by atoms with E-state index >= 15 is 0 Å². The number of rotatable bonds is 2. The molecule has 2 aromatic heterocycles. The minimum atomic E-state index is -0.550. The van der Waals surface area contributed by atoms with Gasteiger partial charge in [0.2, 0.25) is 5.95 Å². The predicted molar refractivity (Wildman–Crippen MR) is 61.7 cm³/mol. The van der Waals surface area contributed by atoms with Crippen molar-refractivity contribution in [2.45, 2.75) is 0 Å². The summed E-state index contributed by atoms with van der Waals surface area (Å²) in [5.74, 6) is 0.000191. The van der Waals surface area contributed by atoms with Crippen LogP contribution in [0.15, 0.2) is 36.7 Å². The second kappa shape index (κ2) is 3.44. The van der Waals surface area contributed by atoms with Gasteiger partial charge in [-0.1, -0.05) is 18.2 Å². The van der Waals surface area contributed by atoms with Crippen LogP contribution in [0.5, 0.6) is 0 Å². The molecule has 0 unspecified atom stereocenters. The van der Waals surface area contributed by atoms with Crippen LogP contribution in [0.2, 0.25) is 0 Å². The number of aromatic amines is 1. The summed E-state index contributed by atoms with van der Waals surface area (Å²) < 4.78 is 1.56. The number of para-hydroxylation sites is 1. The summed E-state index contributed by atoms with van der Waals surface area (Å²) >= 11 is 0. The van der Waals surface area contributed by atoms with E-state index in [1.165, 1.54) is 0 Å². The van der Waals surface area contributed by atoms with E-state index in [0.29, 0.717) is 5.95 Å². The molecule has 3 N–H and O–H groups in total. The quantitative estimate of drug-likeness (QED) is 0.680. The first-order valence-electron chi connectivity index (χ1n) is 5.04. The number of H-pyrrole nitrogens is 1. The van der Waals surface area contributed by atoms with E-state index in [1.54, 1.807) is 17.1 Å². The SMILES string of the molecule is NC(=O)c1nn(-c2ncc[nH]2)c2ccccc12. The number of amides is 1. The minimum Gasteiger partial charge on any atom is -0.364 e. The van der Waals surface area contributed by atoms with E-state index in [0.717, 1.165) is 10.9 Å². The molecule has 1 aromatic carbocycles. The summed E-state index contributed by atoms with van der Waals surface area (Å²) in [6, 6.07) is 7.37. The lowest BCUT2D eigenvalue weighted by atomic mass is 10.2. The Morgan fingerprint density at radius 3 is 2.88 bits per heavy atom. The largest absolute Gasteiger partial charge is 0.364 e. The highest BCUT2D eigenvalue weighted by Gasteiger charge is 2.15. The molecule has 0 bridgehead atoms. The number of hydrogen-bond donors (Lipinski definition) is 2. The maximum atomic E-state index is 11.3. The summed E-state index contributed by atoms with van der Waals surface area (Å²) in [7, 11) is 0. The zero-order valence-corrected chi connectivity index (χ0v) is 8.79. The van der Waals surface area contributed by atoms with Gasteiger partial charge in [-0.25, -0.2) is 4.98 Å². The number of aromatic nitrogens is 4. The lowest BCUT2D eigenvalue weighted by Gasteiger charge is -1.96. The molecule has 0 saturated carbocycles.